The third-order valence-electron chi connectivity index (χ3n) is 4.66. The van der Waals surface area contributed by atoms with Crippen molar-refractivity contribution >= 4 is 28.2 Å². The monoisotopic (exact) mass is 408 g/mol. The second-order valence-electron chi connectivity index (χ2n) is 6.68. The van der Waals surface area contributed by atoms with E-state index >= 15 is 0 Å². The summed E-state index contributed by atoms with van der Waals surface area (Å²) in [6, 6.07) is 15.3. The number of carbonyl (C=O) groups is 1. The molecule has 1 fully saturated rings. The van der Waals surface area contributed by atoms with E-state index in [0.717, 1.165) is 31.5 Å². The Hall–Kier alpha value is -1.89. The lowest BCUT2D eigenvalue weighted by Crippen LogP contribution is -2.26. The van der Waals surface area contributed by atoms with Gasteiger partial charge in [-0.1, -0.05) is 36.4 Å². The minimum absolute atomic E-state index is 0. The number of nitrogens with one attached hydrogen (secondary N) is 2. The van der Waals surface area contributed by atoms with Crippen molar-refractivity contribution in [3.8, 4) is 0 Å². The molecule has 27 heavy (non-hydrogen) atoms. The Morgan fingerprint density at radius 2 is 1.89 bits per heavy atom. The third-order valence-corrected chi connectivity index (χ3v) is 6.34. The Labute approximate surface area is 166 Å². The molecule has 1 aliphatic heterocycles. The molecule has 5 nitrogen and oxygen atoms in total. The number of rotatable bonds is 7. The Bertz CT molecular complexity index is 851. The van der Waals surface area contributed by atoms with Gasteiger partial charge in [-0.15, -0.1) is 12.4 Å². The van der Waals surface area contributed by atoms with E-state index in [-0.39, 0.29) is 29.0 Å². The van der Waals surface area contributed by atoms with Crippen molar-refractivity contribution in [2.24, 2.45) is 5.92 Å². The Morgan fingerprint density at radius 3 is 2.59 bits per heavy atom. The minimum Gasteiger partial charge on any atom is -0.352 e. The molecule has 0 saturated carbocycles. The van der Waals surface area contributed by atoms with E-state index in [9.17, 15) is 13.2 Å². The zero-order valence-corrected chi connectivity index (χ0v) is 16.7. The highest BCUT2D eigenvalue weighted by Crippen LogP contribution is 2.18. The van der Waals surface area contributed by atoms with Crippen LogP contribution in [-0.4, -0.2) is 34.0 Å². The van der Waals surface area contributed by atoms with Gasteiger partial charge in [0.15, 0.2) is 9.84 Å². The van der Waals surface area contributed by atoms with Crippen molar-refractivity contribution < 1.29 is 13.2 Å². The zero-order chi connectivity index (χ0) is 18.4. The predicted molar refractivity (Wildman–Crippen MR) is 109 cm³/mol. The molecule has 2 N–H and O–H groups in total. The first-order valence-corrected chi connectivity index (χ1v) is 10.6. The molecule has 1 amide bonds. The van der Waals surface area contributed by atoms with Gasteiger partial charge >= 0.3 is 0 Å². The van der Waals surface area contributed by atoms with Crippen molar-refractivity contribution in [1.82, 2.24) is 10.6 Å². The number of carbonyl (C=O) groups excluding carboxylic acids is 1. The van der Waals surface area contributed by atoms with Crippen LogP contribution in [0.25, 0.3) is 0 Å². The molecular weight excluding hydrogens is 384 g/mol. The summed E-state index contributed by atoms with van der Waals surface area (Å²) in [5.74, 6) is 0.300. The van der Waals surface area contributed by atoms with Crippen LogP contribution in [0.4, 0.5) is 0 Å². The summed E-state index contributed by atoms with van der Waals surface area (Å²) in [5.41, 5.74) is 1.11. The molecule has 2 aromatic rings. The summed E-state index contributed by atoms with van der Waals surface area (Å²) in [4.78, 5) is 12.5. The number of halogens is 1. The summed E-state index contributed by atoms with van der Waals surface area (Å²) < 4.78 is 25.3. The van der Waals surface area contributed by atoms with E-state index in [0.29, 0.717) is 18.0 Å². The summed E-state index contributed by atoms with van der Waals surface area (Å²) in [6.45, 7) is 2.65. The van der Waals surface area contributed by atoms with E-state index in [4.69, 9.17) is 0 Å². The lowest BCUT2D eigenvalue weighted by atomic mass is 10.1. The Kier molecular flexibility index (Phi) is 7.83. The number of hydrogen-bond acceptors (Lipinski definition) is 4. The fraction of sp³-hybridized carbons (Fsp3) is 0.350. The molecule has 1 saturated heterocycles. The maximum Gasteiger partial charge on any atom is 0.251 e. The molecule has 1 heterocycles. The highest BCUT2D eigenvalue weighted by atomic mass is 35.5. The minimum atomic E-state index is -3.49. The maximum atomic E-state index is 12.6. The van der Waals surface area contributed by atoms with Crippen molar-refractivity contribution in [2.75, 3.05) is 19.6 Å². The SMILES string of the molecule is Cl.O=C(NCCC1CCNC1)c1cccc(S(=O)(=O)Cc2ccccc2)c1. The molecule has 1 unspecified atom stereocenters. The van der Waals surface area contributed by atoms with Gasteiger partial charge in [0.2, 0.25) is 0 Å². The van der Waals surface area contributed by atoms with Gasteiger partial charge in [0, 0.05) is 12.1 Å². The van der Waals surface area contributed by atoms with Crippen molar-refractivity contribution in [3.63, 3.8) is 0 Å². The topological polar surface area (TPSA) is 75.3 Å². The summed E-state index contributed by atoms with van der Waals surface area (Å²) >= 11 is 0. The first-order valence-electron chi connectivity index (χ1n) is 8.90. The van der Waals surface area contributed by atoms with Gasteiger partial charge in [-0.2, -0.15) is 0 Å². The van der Waals surface area contributed by atoms with Gasteiger partial charge in [0.05, 0.1) is 10.6 Å². The molecule has 146 valence electrons. The number of sulfone groups is 1. The van der Waals surface area contributed by atoms with Crippen molar-refractivity contribution in [3.05, 3.63) is 65.7 Å². The molecule has 2 aromatic carbocycles. The van der Waals surface area contributed by atoms with Crippen LogP contribution < -0.4 is 10.6 Å². The van der Waals surface area contributed by atoms with Crippen LogP contribution in [0, 0.1) is 5.92 Å². The molecule has 1 aliphatic rings. The number of hydrogen-bond donors (Lipinski definition) is 2. The number of benzene rings is 2. The zero-order valence-electron chi connectivity index (χ0n) is 15.1. The van der Waals surface area contributed by atoms with E-state index in [1.165, 1.54) is 6.07 Å². The molecular formula is C20H25ClN2O3S. The fourth-order valence-corrected chi connectivity index (χ4v) is 4.55. The van der Waals surface area contributed by atoms with E-state index in [1.807, 2.05) is 18.2 Å². The molecule has 0 aromatic heterocycles. The molecule has 0 radical (unpaired) electrons. The van der Waals surface area contributed by atoms with Crippen LogP contribution in [0.2, 0.25) is 0 Å². The molecule has 3 rings (SSSR count). The van der Waals surface area contributed by atoms with Crippen molar-refractivity contribution in [2.45, 2.75) is 23.5 Å². The van der Waals surface area contributed by atoms with Crippen LogP contribution in [0.5, 0.6) is 0 Å². The Morgan fingerprint density at radius 1 is 1.11 bits per heavy atom. The molecule has 7 heteroatoms. The van der Waals surface area contributed by atoms with Gasteiger partial charge in [0.1, 0.15) is 0 Å². The summed E-state index contributed by atoms with van der Waals surface area (Å²) in [6.07, 6.45) is 2.08. The lowest BCUT2D eigenvalue weighted by molar-refractivity contribution is 0.0951. The van der Waals surface area contributed by atoms with E-state index < -0.39 is 9.84 Å². The average molecular weight is 409 g/mol. The highest BCUT2D eigenvalue weighted by molar-refractivity contribution is 7.90. The van der Waals surface area contributed by atoms with Crippen LogP contribution in [0.3, 0.4) is 0 Å². The predicted octanol–water partition coefficient (Wildman–Crippen LogP) is 2.81. The largest absolute Gasteiger partial charge is 0.352 e. The third kappa shape index (κ3) is 6.06. The van der Waals surface area contributed by atoms with Crippen molar-refractivity contribution in [1.29, 1.82) is 0 Å². The normalized spacial score (nSPS) is 16.5. The van der Waals surface area contributed by atoms with Crippen LogP contribution in [0.1, 0.15) is 28.8 Å². The second kappa shape index (κ2) is 9.88. The van der Waals surface area contributed by atoms with E-state index in [1.54, 1.807) is 30.3 Å². The number of amides is 1. The summed E-state index contributed by atoms with van der Waals surface area (Å²) in [5, 5.41) is 6.20. The second-order valence-corrected chi connectivity index (χ2v) is 8.67. The van der Waals surface area contributed by atoms with Crippen LogP contribution in [-0.2, 0) is 15.6 Å². The lowest BCUT2D eigenvalue weighted by Gasteiger charge is -2.10. The van der Waals surface area contributed by atoms with E-state index in [2.05, 4.69) is 10.6 Å². The molecule has 1 atom stereocenters. The molecule has 0 aliphatic carbocycles. The first-order chi connectivity index (χ1) is 12.5. The quantitative estimate of drug-likeness (QED) is 0.738. The van der Waals surface area contributed by atoms with Crippen LogP contribution in [0.15, 0.2) is 59.5 Å². The molecule has 0 spiro atoms. The Balaban J connectivity index is 0.00000261. The summed E-state index contributed by atoms with van der Waals surface area (Å²) in [7, 11) is -3.49. The maximum absolute atomic E-state index is 12.6. The standard InChI is InChI=1S/C20H24N2O3S.ClH/c23-20(22-12-10-16-9-11-21-14-16)18-7-4-8-19(13-18)26(24,25)15-17-5-2-1-3-6-17;/h1-8,13,16,21H,9-12,14-15H2,(H,22,23);1H. The van der Waals surface area contributed by atoms with Gasteiger partial charge in [-0.3, -0.25) is 4.79 Å². The highest BCUT2D eigenvalue weighted by Gasteiger charge is 2.18. The molecule has 0 bridgehead atoms. The smallest absolute Gasteiger partial charge is 0.251 e. The van der Waals surface area contributed by atoms with Gasteiger partial charge in [-0.25, -0.2) is 8.42 Å². The average Bonchev–Trinajstić information content (AvgIpc) is 3.16. The first kappa shape index (κ1) is 21.4. The van der Waals surface area contributed by atoms with Crippen LogP contribution >= 0.6 is 12.4 Å². The van der Waals surface area contributed by atoms with Gasteiger partial charge in [0.25, 0.3) is 5.91 Å². The van der Waals surface area contributed by atoms with Gasteiger partial charge < -0.3 is 10.6 Å². The fourth-order valence-electron chi connectivity index (χ4n) is 3.16. The van der Waals surface area contributed by atoms with Gasteiger partial charge in [-0.05, 0) is 55.6 Å².